The lowest BCUT2D eigenvalue weighted by molar-refractivity contribution is -0.138. The Kier molecular flexibility index (Phi) is 12.0. The number of carbonyl (C=O) groups excluding carboxylic acids is 5. The number of aliphatic carboxylic acids is 1. The lowest BCUT2D eigenvalue weighted by Crippen LogP contribution is -2.56. The van der Waals surface area contributed by atoms with Crippen molar-refractivity contribution in [2.24, 2.45) is 17.2 Å². The van der Waals surface area contributed by atoms with E-state index < -0.39 is 60.2 Å². The number of rotatable bonds is 14. The summed E-state index contributed by atoms with van der Waals surface area (Å²) in [5.41, 5.74) is 15.6. The van der Waals surface area contributed by atoms with Gasteiger partial charge in [-0.05, 0) is 12.8 Å². The number of carboxylic acid groups (broad SMARTS) is 1. The summed E-state index contributed by atoms with van der Waals surface area (Å²) in [5.74, 6) is -5.21. The first-order valence-electron chi connectivity index (χ1n) is 8.51. The van der Waals surface area contributed by atoms with Gasteiger partial charge in [0.2, 0.25) is 29.5 Å². The average Bonchev–Trinajstić information content (AvgIpc) is 2.64. The summed E-state index contributed by atoms with van der Waals surface area (Å²) in [6.45, 7) is -0.691. The second-order valence-electron chi connectivity index (χ2n) is 6.03. The zero-order valence-corrected chi connectivity index (χ0v) is 16.4. The topological polar surface area (TPSA) is 237 Å². The first kappa shape index (κ1) is 26.1. The standard InChI is InChI=1S/C15H26N6O7S/c16-7(1-3-10(17)22)13(26)21-9(6-29)15(28)20-8(2-4-11(18)23)14(27)19-5-12(24)25/h7-9,29H,1-6,16H2,(H2,17,22)(H2,18,23)(H,19,27)(H,20,28)(H,21,26)(H,24,25). The van der Waals surface area contributed by atoms with Crippen LogP contribution in [0.2, 0.25) is 0 Å². The molecule has 0 saturated heterocycles. The highest BCUT2D eigenvalue weighted by Crippen LogP contribution is 2.01. The number of hydrogen-bond acceptors (Lipinski definition) is 8. The quantitative estimate of drug-likeness (QED) is 0.125. The van der Waals surface area contributed by atoms with Gasteiger partial charge in [0.05, 0.1) is 6.04 Å². The number of amides is 5. The third-order valence-electron chi connectivity index (χ3n) is 3.58. The van der Waals surface area contributed by atoms with E-state index in [-0.39, 0.29) is 31.4 Å². The molecule has 0 rings (SSSR count). The molecule has 0 aromatic rings. The van der Waals surface area contributed by atoms with Gasteiger partial charge in [-0.3, -0.25) is 28.8 Å². The molecule has 0 aliphatic heterocycles. The molecule has 0 aromatic carbocycles. The maximum Gasteiger partial charge on any atom is 0.322 e. The average molecular weight is 434 g/mol. The van der Waals surface area contributed by atoms with Gasteiger partial charge in [-0.1, -0.05) is 0 Å². The van der Waals surface area contributed by atoms with Crippen molar-refractivity contribution in [2.45, 2.75) is 43.8 Å². The van der Waals surface area contributed by atoms with Gasteiger partial charge in [-0.15, -0.1) is 0 Å². The van der Waals surface area contributed by atoms with Crippen LogP contribution in [0, 0.1) is 0 Å². The van der Waals surface area contributed by atoms with E-state index in [1.807, 2.05) is 0 Å². The molecule has 3 unspecified atom stereocenters. The van der Waals surface area contributed by atoms with Gasteiger partial charge in [0.15, 0.2) is 0 Å². The van der Waals surface area contributed by atoms with Gasteiger partial charge in [0.1, 0.15) is 18.6 Å². The van der Waals surface area contributed by atoms with Crippen LogP contribution < -0.4 is 33.2 Å². The highest BCUT2D eigenvalue weighted by molar-refractivity contribution is 7.80. The van der Waals surface area contributed by atoms with Crippen molar-refractivity contribution in [3.8, 4) is 0 Å². The molecular weight excluding hydrogens is 408 g/mol. The van der Waals surface area contributed by atoms with Crippen LogP contribution in [0.5, 0.6) is 0 Å². The van der Waals surface area contributed by atoms with E-state index in [4.69, 9.17) is 22.3 Å². The highest BCUT2D eigenvalue weighted by atomic mass is 32.1. The SMILES string of the molecule is NC(=O)CCC(N)C(=O)NC(CS)C(=O)NC(CCC(N)=O)C(=O)NCC(=O)O. The summed E-state index contributed by atoms with van der Waals surface area (Å²) in [6, 6.07) is -3.55. The molecule has 14 heteroatoms. The van der Waals surface area contributed by atoms with Crippen molar-refractivity contribution < 1.29 is 33.9 Å². The van der Waals surface area contributed by atoms with Crippen LogP contribution in [0.15, 0.2) is 0 Å². The van der Waals surface area contributed by atoms with Crippen LogP contribution in [-0.2, 0) is 28.8 Å². The number of nitrogens with one attached hydrogen (secondary N) is 3. The number of hydrogen-bond donors (Lipinski definition) is 8. The Balaban J connectivity index is 4.99. The molecule has 0 aromatic heterocycles. The molecule has 5 amide bonds. The molecule has 0 fully saturated rings. The summed E-state index contributed by atoms with van der Waals surface area (Å²) < 4.78 is 0. The summed E-state index contributed by atoms with van der Waals surface area (Å²) in [4.78, 5) is 68.8. The van der Waals surface area contributed by atoms with E-state index >= 15 is 0 Å². The molecule has 10 N–H and O–H groups in total. The fraction of sp³-hybridized carbons (Fsp3) is 0.600. The molecule has 3 atom stereocenters. The number of thiol groups is 1. The summed E-state index contributed by atoms with van der Waals surface area (Å²) in [5, 5.41) is 15.3. The van der Waals surface area contributed by atoms with Crippen LogP contribution in [0.4, 0.5) is 0 Å². The Bertz CT molecular complexity index is 645. The first-order valence-corrected chi connectivity index (χ1v) is 9.14. The lowest BCUT2D eigenvalue weighted by atomic mass is 10.1. The normalized spacial score (nSPS) is 13.4. The Hall–Kier alpha value is -2.87. The van der Waals surface area contributed by atoms with Crippen LogP contribution in [0.25, 0.3) is 0 Å². The van der Waals surface area contributed by atoms with E-state index in [1.54, 1.807) is 0 Å². The second-order valence-corrected chi connectivity index (χ2v) is 6.40. The molecule has 0 aliphatic carbocycles. The minimum atomic E-state index is -1.30. The molecular formula is C15H26N6O7S. The minimum Gasteiger partial charge on any atom is -0.480 e. The molecule has 13 nitrogen and oxygen atoms in total. The van der Waals surface area contributed by atoms with E-state index in [1.165, 1.54) is 0 Å². The zero-order chi connectivity index (χ0) is 22.6. The molecule has 29 heavy (non-hydrogen) atoms. The van der Waals surface area contributed by atoms with Crippen molar-refractivity contribution in [3.63, 3.8) is 0 Å². The van der Waals surface area contributed by atoms with E-state index in [9.17, 15) is 28.8 Å². The van der Waals surface area contributed by atoms with Crippen molar-refractivity contribution in [3.05, 3.63) is 0 Å². The predicted octanol–water partition coefficient (Wildman–Crippen LogP) is -4.06. The number of nitrogens with two attached hydrogens (primary N) is 3. The maximum atomic E-state index is 12.4. The summed E-state index contributed by atoms with van der Waals surface area (Å²) in [6.07, 6.45) is -0.578. The number of primary amides is 2. The van der Waals surface area contributed by atoms with Crippen LogP contribution >= 0.6 is 12.6 Å². The third-order valence-corrected chi connectivity index (χ3v) is 3.95. The van der Waals surface area contributed by atoms with Crippen LogP contribution in [0.1, 0.15) is 25.7 Å². The Morgan fingerprint density at radius 2 is 1.34 bits per heavy atom. The first-order chi connectivity index (χ1) is 13.5. The van der Waals surface area contributed by atoms with Crippen molar-refractivity contribution in [1.29, 1.82) is 0 Å². The van der Waals surface area contributed by atoms with E-state index in [0.29, 0.717) is 0 Å². The second kappa shape index (κ2) is 13.3. The van der Waals surface area contributed by atoms with Gasteiger partial charge in [0, 0.05) is 18.6 Å². The Labute approximate surface area is 171 Å². The largest absolute Gasteiger partial charge is 0.480 e. The summed E-state index contributed by atoms with van der Waals surface area (Å²) >= 11 is 3.97. The Morgan fingerprint density at radius 3 is 1.83 bits per heavy atom. The van der Waals surface area contributed by atoms with Crippen LogP contribution in [0.3, 0.4) is 0 Å². The van der Waals surface area contributed by atoms with Gasteiger partial charge in [-0.2, -0.15) is 12.6 Å². The summed E-state index contributed by atoms with van der Waals surface area (Å²) in [7, 11) is 0. The number of carboxylic acids is 1. The highest BCUT2D eigenvalue weighted by Gasteiger charge is 2.27. The third kappa shape index (κ3) is 11.5. The van der Waals surface area contributed by atoms with Crippen LogP contribution in [-0.4, -0.2) is 71.0 Å². The fourth-order valence-electron chi connectivity index (χ4n) is 2.02. The number of carbonyl (C=O) groups is 6. The maximum absolute atomic E-state index is 12.4. The molecule has 0 saturated carbocycles. The lowest BCUT2D eigenvalue weighted by Gasteiger charge is -2.23. The molecule has 0 aliphatic rings. The van der Waals surface area contributed by atoms with E-state index in [2.05, 4.69) is 28.6 Å². The van der Waals surface area contributed by atoms with Gasteiger partial charge >= 0.3 is 5.97 Å². The van der Waals surface area contributed by atoms with Gasteiger partial charge in [0.25, 0.3) is 0 Å². The molecule has 0 radical (unpaired) electrons. The van der Waals surface area contributed by atoms with Gasteiger partial charge < -0.3 is 38.3 Å². The van der Waals surface area contributed by atoms with Crippen molar-refractivity contribution in [2.75, 3.05) is 12.3 Å². The molecule has 0 bridgehead atoms. The van der Waals surface area contributed by atoms with Crippen molar-refractivity contribution >= 4 is 48.1 Å². The molecule has 164 valence electrons. The van der Waals surface area contributed by atoms with Gasteiger partial charge in [-0.25, -0.2) is 0 Å². The predicted molar refractivity (Wildman–Crippen MR) is 103 cm³/mol. The molecule has 0 heterocycles. The Morgan fingerprint density at radius 1 is 0.828 bits per heavy atom. The zero-order valence-electron chi connectivity index (χ0n) is 15.6. The van der Waals surface area contributed by atoms with E-state index in [0.717, 1.165) is 0 Å². The molecule has 0 spiro atoms. The fourth-order valence-corrected chi connectivity index (χ4v) is 2.27. The smallest absolute Gasteiger partial charge is 0.322 e. The minimum absolute atomic E-state index is 0.0269. The van der Waals surface area contributed by atoms with Crippen molar-refractivity contribution in [1.82, 2.24) is 16.0 Å². The monoisotopic (exact) mass is 434 g/mol.